The Morgan fingerprint density at radius 3 is 2.75 bits per heavy atom. The highest BCUT2D eigenvalue weighted by Crippen LogP contribution is 2.25. The molecular weight excluding hydrogens is 354 g/mol. The van der Waals surface area contributed by atoms with Crippen LogP contribution >= 0.6 is 0 Å². The first-order valence-electron chi connectivity index (χ1n) is 9.67. The lowest BCUT2D eigenvalue weighted by Crippen LogP contribution is -2.26. The van der Waals surface area contributed by atoms with Crippen LogP contribution in [-0.2, 0) is 13.0 Å². The molecule has 0 radical (unpaired) electrons. The van der Waals surface area contributed by atoms with Gasteiger partial charge in [-0.15, -0.1) is 0 Å². The molecule has 2 heterocycles. The van der Waals surface area contributed by atoms with E-state index in [1.54, 1.807) is 34.9 Å². The van der Waals surface area contributed by atoms with Crippen LogP contribution in [0.4, 0.5) is 5.69 Å². The molecule has 3 aromatic rings. The molecule has 1 amide bonds. The summed E-state index contributed by atoms with van der Waals surface area (Å²) in [6.07, 6.45) is 5.07. The van der Waals surface area contributed by atoms with Gasteiger partial charge in [0.05, 0.1) is 16.6 Å². The second kappa shape index (κ2) is 7.46. The van der Waals surface area contributed by atoms with Gasteiger partial charge in [0.2, 0.25) is 0 Å². The Bertz CT molecular complexity index is 1120. The molecule has 0 saturated carbocycles. The van der Waals surface area contributed by atoms with Crippen LogP contribution in [0.3, 0.4) is 0 Å². The fraction of sp³-hybridized carbons (Fsp3) is 0.318. The van der Waals surface area contributed by atoms with Crippen LogP contribution in [-0.4, -0.2) is 20.6 Å². The van der Waals surface area contributed by atoms with E-state index in [9.17, 15) is 14.7 Å². The number of benzene rings is 2. The first-order chi connectivity index (χ1) is 13.5. The minimum Gasteiger partial charge on any atom is -0.506 e. The predicted molar refractivity (Wildman–Crippen MR) is 109 cm³/mol. The van der Waals surface area contributed by atoms with Crippen molar-refractivity contribution in [1.29, 1.82) is 0 Å². The van der Waals surface area contributed by atoms with Crippen molar-refractivity contribution in [3.05, 3.63) is 63.7 Å². The summed E-state index contributed by atoms with van der Waals surface area (Å²) in [6.45, 7) is 2.57. The van der Waals surface area contributed by atoms with Crippen molar-refractivity contribution in [2.45, 2.75) is 45.6 Å². The molecule has 0 spiro atoms. The van der Waals surface area contributed by atoms with E-state index in [1.807, 2.05) is 13.0 Å². The van der Waals surface area contributed by atoms with Gasteiger partial charge in [-0.2, -0.15) is 0 Å². The highest BCUT2D eigenvalue weighted by atomic mass is 16.3. The van der Waals surface area contributed by atoms with Crippen molar-refractivity contribution in [2.24, 2.45) is 0 Å². The summed E-state index contributed by atoms with van der Waals surface area (Å²) in [5, 5.41) is 13.2. The molecule has 6 heteroatoms. The first-order valence-corrected chi connectivity index (χ1v) is 9.67. The molecule has 1 aromatic heterocycles. The van der Waals surface area contributed by atoms with Crippen LogP contribution in [0.5, 0.6) is 5.75 Å². The number of carbonyl (C=O) groups excluding carboxylic acids is 1. The maximum absolute atomic E-state index is 12.9. The van der Waals surface area contributed by atoms with E-state index in [0.717, 1.165) is 43.5 Å². The van der Waals surface area contributed by atoms with Crippen LogP contribution < -0.4 is 10.9 Å². The van der Waals surface area contributed by atoms with E-state index < -0.39 is 0 Å². The summed E-state index contributed by atoms with van der Waals surface area (Å²) in [5.74, 6) is 0.465. The number of aryl methyl sites for hydroxylation is 2. The quantitative estimate of drug-likeness (QED) is 0.666. The summed E-state index contributed by atoms with van der Waals surface area (Å²) >= 11 is 0. The smallest absolute Gasteiger partial charge is 0.261 e. The molecule has 0 unspecified atom stereocenters. The Morgan fingerprint density at radius 1 is 1.11 bits per heavy atom. The molecule has 0 bridgehead atoms. The molecule has 1 aliphatic rings. The Balaban J connectivity index is 1.69. The van der Waals surface area contributed by atoms with Crippen LogP contribution in [0.15, 0.2) is 41.2 Å². The lowest BCUT2D eigenvalue weighted by atomic mass is 10.1. The van der Waals surface area contributed by atoms with E-state index in [1.165, 1.54) is 0 Å². The van der Waals surface area contributed by atoms with Gasteiger partial charge in [0.1, 0.15) is 11.6 Å². The zero-order valence-electron chi connectivity index (χ0n) is 15.9. The second-order valence-corrected chi connectivity index (χ2v) is 7.36. The van der Waals surface area contributed by atoms with Gasteiger partial charge in [0.15, 0.2) is 0 Å². The molecule has 28 heavy (non-hydrogen) atoms. The largest absolute Gasteiger partial charge is 0.506 e. The SMILES string of the molecule is Cc1ccc(NC(=O)c2ccc3c(=O)n4c(nc3c2)CCCCCC4)c(O)c1. The number of phenolic OH excluding ortho intramolecular Hbond substituents is 1. The van der Waals surface area contributed by atoms with Gasteiger partial charge in [-0.1, -0.05) is 18.9 Å². The van der Waals surface area contributed by atoms with E-state index in [-0.39, 0.29) is 17.2 Å². The second-order valence-electron chi connectivity index (χ2n) is 7.36. The van der Waals surface area contributed by atoms with E-state index in [4.69, 9.17) is 4.98 Å². The molecule has 1 aliphatic heterocycles. The lowest BCUT2D eigenvalue weighted by molar-refractivity contribution is 0.102. The monoisotopic (exact) mass is 377 g/mol. The molecule has 6 nitrogen and oxygen atoms in total. The number of aromatic nitrogens is 2. The number of nitrogens with zero attached hydrogens (tertiary/aromatic N) is 2. The Morgan fingerprint density at radius 2 is 1.93 bits per heavy atom. The van der Waals surface area contributed by atoms with Crippen LogP contribution in [0.2, 0.25) is 0 Å². The zero-order chi connectivity index (χ0) is 19.7. The molecule has 144 valence electrons. The minimum atomic E-state index is -0.352. The number of fused-ring (bicyclic) bond motifs is 2. The molecule has 0 atom stereocenters. The van der Waals surface area contributed by atoms with Crippen LogP contribution in [0, 0.1) is 6.92 Å². The lowest BCUT2D eigenvalue weighted by Gasteiger charge is -2.16. The fourth-order valence-corrected chi connectivity index (χ4v) is 3.68. The number of hydrogen-bond donors (Lipinski definition) is 2. The van der Waals surface area contributed by atoms with Gasteiger partial charge in [-0.25, -0.2) is 4.98 Å². The van der Waals surface area contributed by atoms with Gasteiger partial charge in [-0.3, -0.25) is 14.2 Å². The van der Waals surface area contributed by atoms with Crippen molar-refractivity contribution in [3.8, 4) is 5.75 Å². The summed E-state index contributed by atoms with van der Waals surface area (Å²) in [5.41, 5.74) is 2.15. The number of hydrogen-bond acceptors (Lipinski definition) is 4. The average molecular weight is 377 g/mol. The van der Waals surface area contributed by atoms with Crippen molar-refractivity contribution in [1.82, 2.24) is 9.55 Å². The number of anilines is 1. The summed E-state index contributed by atoms with van der Waals surface area (Å²) < 4.78 is 1.78. The zero-order valence-corrected chi connectivity index (χ0v) is 15.9. The molecule has 4 rings (SSSR count). The van der Waals surface area contributed by atoms with Crippen molar-refractivity contribution in [2.75, 3.05) is 5.32 Å². The van der Waals surface area contributed by atoms with E-state index >= 15 is 0 Å². The minimum absolute atomic E-state index is 0.0203. The maximum Gasteiger partial charge on any atom is 0.261 e. The van der Waals surface area contributed by atoms with Gasteiger partial charge in [0, 0.05) is 18.5 Å². The number of aromatic hydroxyl groups is 1. The highest BCUT2D eigenvalue weighted by Gasteiger charge is 2.15. The normalized spacial score (nSPS) is 14.2. The Labute approximate surface area is 162 Å². The summed E-state index contributed by atoms with van der Waals surface area (Å²) in [6, 6.07) is 10.0. The predicted octanol–water partition coefficient (Wildman–Crippen LogP) is 3.78. The Hall–Kier alpha value is -3.15. The van der Waals surface area contributed by atoms with Gasteiger partial charge in [-0.05, 0) is 55.7 Å². The molecular formula is C22H23N3O3. The third-order valence-electron chi connectivity index (χ3n) is 5.23. The number of nitrogens with one attached hydrogen (secondary N) is 1. The fourth-order valence-electron chi connectivity index (χ4n) is 3.68. The average Bonchev–Trinajstić information content (AvgIpc) is 2.65. The Kier molecular flexibility index (Phi) is 4.86. The maximum atomic E-state index is 12.9. The van der Waals surface area contributed by atoms with E-state index in [0.29, 0.717) is 28.7 Å². The third-order valence-corrected chi connectivity index (χ3v) is 5.23. The highest BCUT2D eigenvalue weighted by molar-refractivity contribution is 6.06. The van der Waals surface area contributed by atoms with Crippen molar-refractivity contribution >= 4 is 22.5 Å². The van der Waals surface area contributed by atoms with Crippen molar-refractivity contribution < 1.29 is 9.90 Å². The third kappa shape index (κ3) is 3.50. The first kappa shape index (κ1) is 18.2. The molecule has 0 saturated heterocycles. The molecule has 0 fully saturated rings. The van der Waals surface area contributed by atoms with Crippen LogP contribution in [0.25, 0.3) is 10.9 Å². The number of phenols is 1. The number of carbonyl (C=O) groups is 1. The topological polar surface area (TPSA) is 84.2 Å². The van der Waals surface area contributed by atoms with Gasteiger partial charge in [0.25, 0.3) is 11.5 Å². The summed E-state index contributed by atoms with van der Waals surface area (Å²) in [7, 11) is 0. The molecule has 0 aliphatic carbocycles. The van der Waals surface area contributed by atoms with Crippen molar-refractivity contribution in [3.63, 3.8) is 0 Å². The number of amides is 1. The van der Waals surface area contributed by atoms with Crippen LogP contribution in [0.1, 0.15) is 47.4 Å². The van der Waals surface area contributed by atoms with Gasteiger partial charge < -0.3 is 10.4 Å². The molecule has 2 N–H and O–H groups in total. The number of rotatable bonds is 2. The standard InChI is InChI=1S/C22H23N3O3/c1-14-7-10-17(19(26)12-14)24-21(27)15-8-9-16-18(13-15)23-20-6-4-2-3-5-11-25(20)22(16)28/h7-10,12-13,26H,2-6,11H2,1H3,(H,24,27). The van der Waals surface area contributed by atoms with E-state index in [2.05, 4.69) is 5.32 Å². The van der Waals surface area contributed by atoms with Gasteiger partial charge >= 0.3 is 0 Å². The summed E-state index contributed by atoms with van der Waals surface area (Å²) in [4.78, 5) is 30.2. The molecule has 2 aromatic carbocycles.